The quantitative estimate of drug-likeness (QED) is 0.277. The summed E-state index contributed by atoms with van der Waals surface area (Å²) >= 11 is 0. The number of aryl methyl sites for hydroxylation is 1. The van der Waals surface area contributed by atoms with Gasteiger partial charge in [0.05, 0.1) is 17.6 Å². The summed E-state index contributed by atoms with van der Waals surface area (Å²) in [5.74, 6) is 0.486. The molecule has 1 amide bonds. The summed E-state index contributed by atoms with van der Waals surface area (Å²) in [6.45, 7) is 6.81. The van der Waals surface area contributed by atoms with Gasteiger partial charge in [0.2, 0.25) is 0 Å². The van der Waals surface area contributed by atoms with Crippen molar-refractivity contribution in [2.75, 3.05) is 5.32 Å². The van der Waals surface area contributed by atoms with Crippen molar-refractivity contribution in [3.63, 3.8) is 0 Å². The standard InChI is InChI=1S/C23H21FN8O/c1-14(11-26-13-25-3)23(33)29-19-12-32-20(28-19)10-9-18(30-32)22-21(27-15(2)31(22)4)16-5-7-17(24)8-6-16/h5-13H,3H2,1-2,4H3,(H,29,33)/b14-11+,26-13-. The molecule has 1 N–H and O–H groups in total. The van der Waals surface area contributed by atoms with Gasteiger partial charge >= 0.3 is 0 Å². The number of anilines is 1. The number of fused-ring (bicyclic) bond motifs is 1. The highest BCUT2D eigenvalue weighted by Gasteiger charge is 2.18. The third-order valence-corrected chi connectivity index (χ3v) is 5.02. The Morgan fingerprint density at radius 3 is 2.67 bits per heavy atom. The highest BCUT2D eigenvalue weighted by atomic mass is 19.1. The number of amides is 1. The highest BCUT2D eigenvalue weighted by Crippen LogP contribution is 2.31. The SMILES string of the molecule is C=N/C=N\C=C(/C)C(=O)Nc1cn2nc(-c3c(-c4ccc(F)cc4)nc(C)n3C)ccc2n1. The van der Waals surface area contributed by atoms with Gasteiger partial charge in [0, 0.05) is 24.4 Å². The molecule has 0 saturated heterocycles. The summed E-state index contributed by atoms with van der Waals surface area (Å²) in [7, 11) is 1.90. The van der Waals surface area contributed by atoms with Gasteiger partial charge in [-0.15, -0.1) is 0 Å². The maximum Gasteiger partial charge on any atom is 0.254 e. The Bertz CT molecular complexity index is 1410. The van der Waals surface area contributed by atoms with Crippen molar-refractivity contribution in [3.8, 4) is 22.6 Å². The first-order valence-electron chi connectivity index (χ1n) is 9.99. The number of imidazole rings is 2. The molecular formula is C23H21FN8O. The number of carbonyl (C=O) groups excluding carboxylic acids is 1. The molecule has 0 radical (unpaired) electrons. The van der Waals surface area contributed by atoms with E-state index in [2.05, 4.69) is 37.1 Å². The summed E-state index contributed by atoms with van der Waals surface area (Å²) < 4.78 is 16.9. The van der Waals surface area contributed by atoms with E-state index in [1.54, 1.807) is 35.8 Å². The third-order valence-electron chi connectivity index (χ3n) is 5.02. The molecule has 0 unspecified atom stereocenters. The predicted octanol–water partition coefficient (Wildman–Crippen LogP) is 3.82. The lowest BCUT2D eigenvalue weighted by Crippen LogP contribution is -2.12. The molecule has 3 heterocycles. The Morgan fingerprint density at radius 1 is 1.18 bits per heavy atom. The lowest BCUT2D eigenvalue weighted by Gasteiger charge is -2.07. The Kier molecular flexibility index (Phi) is 5.90. The molecule has 0 spiro atoms. The number of hydrogen-bond acceptors (Lipinski definition) is 5. The van der Waals surface area contributed by atoms with Gasteiger partial charge < -0.3 is 9.88 Å². The Morgan fingerprint density at radius 2 is 1.94 bits per heavy atom. The fourth-order valence-corrected chi connectivity index (χ4v) is 3.25. The van der Waals surface area contributed by atoms with Crippen LogP contribution in [0.5, 0.6) is 0 Å². The Hall–Kier alpha value is -4.47. The number of hydrogen-bond donors (Lipinski definition) is 1. The van der Waals surface area contributed by atoms with E-state index in [0.717, 1.165) is 17.1 Å². The number of nitrogens with one attached hydrogen (secondary N) is 1. The first kappa shape index (κ1) is 21.8. The Labute approximate surface area is 189 Å². The molecule has 166 valence electrons. The molecule has 9 nitrogen and oxygen atoms in total. The van der Waals surface area contributed by atoms with Crippen LogP contribution in [0.3, 0.4) is 0 Å². The maximum atomic E-state index is 13.4. The Balaban J connectivity index is 1.68. The number of aliphatic imine (C=N–C) groups is 2. The first-order valence-corrected chi connectivity index (χ1v) is 9.99. The van der Waals surface area contributed by atoms with Crippen LogP contribution in [0.15, 0.2) is 64.4 Å². The minimum absolute atomic E-state index is 0.310. The molecule has 0 aliphatic rings. The molecule has 1 aromatic carbocycles. The van der Waals surface area contributed by atoms with Gasteiger partial charge in [-0.2, -0.15) is 5.10 Å². The van der Waals surface area contributed by atoms with Crippen molar-refractivity contribution in [3.05, 3.63) is 66.0 Å². The van der Waals surface area contributed by atoms with Crippen molar-refractivity contribution in [2.24, 2.45) is 17.0 Å². The summed E-state index contributed by atoms with van der Waals surface area (Å²) in [6.07, 6.45) is 4.25. The van der Waals surface area contributed by atoms with Gasteiger partial charge in [-0.05, 0) is 57.0 Å². The fourth-order valence-electron chi connectivity index (χ4n) is 3.25. The number of aromatic nitrogens is 5. The lowest BCUT2D eigenvalue weighted by molar-refractivity contribution is -0.112. The summed E-state index contributed by atoms with van der Waals surface area (Å²) in [5.41, 5.74) is 3.87. The zero-order valence-corrected chi connectivity index (χ0v) is 18.3. The maximum absolute atomic E-state index is 13.4. The van der Waals surface area contributed by atoms with Gasteiger partial charge in [-0.1, -0.05) is 0 Å². The molecule has 0 aliphatic heterocycles. The predicted molar refractivity (Wildman–Crippen MR) is 126 cm³/mol. The summed E-state index contributed by atoms with van der Waals surface area (Å²) in [6, 6.07) is 9.82. The minimum Gasteiger partial charge on any atom is -0.330 e. The molecule has 3 aromatic heterocycles. The zero-order valence-electron chi connectivity index (χ0n) is 18.3. The van der Waals surface area contributed by atoms with E-state index in [4.69, 9.17) is 0 Å². The van der Waals surface area contributed by atoms with E-state index >= 15 is 0 Å². The smallest absolute Gasteiger partial charge is 0.254 e. The van der Waals surface area contributed by atoms with Crippen LogP contribution in [0.4, 0.5) is 10.2 Å². The summed E-state index contributed by atoms with van der Waals surface area (Å²) in [5, 5.41) is 7.39. The third kappa shape index (κ3) is 4.45. The largest absolute Gasteiger partial charge is 0.330 e. The van der Waals surface area contributed by atoms with Crippen molar-refractivity contribution in [1.29, 1.82) is 0 Å². The second kappa shape index (κ2) is 8.95. The fraction of sp³-hybridized carbons (Fsp3) is 0.130. The molecule has 10 heteroatoms. The monoisotopic (exact) mass is 444 g/mol. The first-order chi connectivity index (χ1) is 15.9. The molecule has 0 bridgehead atoms. The molecular weight excluding hydrogens is 423 g/mol. The van der Waals surface area contributed by atoms with E-state index in [0.29, 0.717) is 28.4 Å². The van der Waals surface area contributed by atoms with Crippen LogP contribution in [0.2, 0.25) is 0 Å². The van der Waals surface area contributed by atoms with Gasteiger partial charge in [-0.3, -0.25) is 9.79 Å². The topological polar surface area (TPSA) is 102 Å². The van der Waals surface area contributed by atoms with Crippen LogP contribution in [0.25, 0.3) is 28.3 Å². The van der Waals surface area contributed by atoms with Crippen LogP contribution in [-0.2, 0) is 11.8 Å². The summed E-state index contributed by atoms with van der Waals surface area (Å²) in [4.78, 5) is 28.7. The molecule has 0 aliphatic carbocycles. The molecule has 33 heavy (non-hydrogen) atoms. The van der Waals surface area contributed by atoms with Crippen LogP contribution < -0.4 is 5.32 Å². The zero-order chi connectivity index (χ0) is 23.5. The number of rotatable bonds is 6. The molecule has 0 saturated carbocycles. The van der Waals surface area contributed by atoms with Crippen LogP contribution in [0, 0.1) is 12.7 Å². The van der Waals surface area contributed by atoms with Gasteiger partial charge in [0.15, 0.2) is 11.5 Å². The second-order valence-corrected chi connectivity index (χ2v) is 7.28. The van der Waals surface area contributed by atoms with Crippen molar-refractivity contribution in [1.82, 2.24) is 24.1 Å². The number of nitrogens with zero attached hydrogens (tertiary/aromatic N) is 7. The van der Waals surface area contributed by atoms with E-state index in [1.807, 2.05) is 24.6 Å². The van der Waals surface area contributed by atoms with Crippen LogP contribution in [-0.4, -0.2) is 43.1 Å². The van der Waals surface area contributed by atoms with Gasteiger partial charge in [0.25, 0.3) is 5.91 Å². The van der Waals surface area contributed by atoms with Crippen molar-refractivity contribution < 1.29 is 9.18 Å². The minimum atomic E-state index is -0.347. The highest BCUT2D eigenvalue weighted by molar-refractivity contribution is 6.02. The van der Waals surface area contributed by atoms with Crippen molar-refractivity contribution >= 4 is 30.4 Å². The van der Waals surface area contributed by atoms with E-state index in [9.17, 15) is 9.18 Å². The average Bonchev–Trinajstić information content (AvgIpc) is 3.33. The van der Waals surface area contributed by atoms with Gasteiger partial charge in [-0.25, -0.2) is 23.9 Å². The molecule has 4 rings (SSSR count). The second-order valence-electron chi connectivity index (χ2n) is 7.28. The van der Waals surface area contributed by atoms with E-state index in [-0.39, 0.29) is 11.7 Å². The normalized spacial score (nSPS) is 11.9. The molecule has 0 atom stereocenters. The van der Waals surface area contributed by atoms with Crippen molar-refractivity contribution in [2.45, 2.75) is 13.8 Å². The lowest BCUT2D eigenvalue weighted by atomic mass is 10.1. The number of carbonyl (C=O) groups is 1. The van der Waals surface area contributed by atoms with E-state index in [1.165, 1.54) is 24.7 Å². The van der Waals surface area contributed by atoms with Crippen LogP contribution in [0.1, 0.15) is 12.7 Å². The van der Waals surface area contributed by atoms with Crippen LogP contribution >= 0.6 is 0 Å². The van der Waals surface area contributed by atoms with Gasteiger partial charge in [0.1, 0.15) is 23.7 Å². The van der Waals surface area contributed by atoms with E-state index < -0.39 is 0 Å². The average molecular weight is 444 g/mol. The molecule has 4 aromatic rings. The number of halogens is 1. The number of benzene rings is 1. The molecule has 0 fully saturated rings.